The lowest BCUT2D eigenvalue weighted by molar-refractivity contribution is -0.130. The van der Waals surface area contributed by atoms with Crippen LogP contribution < -0.4 is 15.7 Å². The predicted octanol–water partition coefficient (Wildman–Crippen LogP) is 5.04. The van der Waals surface area contributed by atoms with Crippen molar-refractivity contribution >= 4 is 35.7 Å². The zero-order valence-corrected chi connectivity index (χ0v) is 20.9. The van der Waals surface area contributed by atoms with Gasteiger partial charge in [-0.05, 0) is 63.7 Å². The molecular formula is C26H32BF2N3O3. The van der Waals surface area contributed by atoms with Crippen molar-refractivity contribution in [3.63, 3.8) is 0 Å². The number of amides is 1. The number of alkyl halides is 2. The molecule has 1 saturated heterocycles. The predicted molar refractivity (Wildman–Crippen MR) is 132 cm³/mol. The van der Waals surface area contributed by atoms with E-state index in [1.807, 2.05) is 58.0 Å². The van der Waals surface area contributed by atoms with Crippen molar-refractivity contribution in [2.24, 2.45) is 11.8 Å². The number of anilines is 3. The van der Waals surface area contributed by atoms with Gasteiger partial charge in [0.15, 0.2) is 0 Å². The van der Waals surface area contributed by atoms with Gasteiger partial charge in [0.05, 0.1) is 29.1 Å². The van der Waals surface area contributed by atoms with Crippen LogP contribution in [0.5, 0.6) is 0 Å². The molecule has 186 valence electrons. The summed E-state index contributed by atoms with van der Waals surface area (Å²) in [6.45, 7) is 10.0. The van der Waals surface area contributed by atoms with Crippen LogP contribution in [0.15, 0.2) is 36.5 Å². The summed E-state index contributed by atoms with van der Waals surface area (Å²) in [5.74, 6) is -3.06. The number of aromatic nitrogens is 1. The summed E-state index contributed by atoms with van der Waals surface area (Å²) < 4.78 is 40.5. The van der Waals surface area contributed by atoms with E-state index >= 15 is 0 Å². The largest absolute Gasteiger partial charge is 0.494 e. The van der Waals surface area contributed by atoms with Crippen molar-refractivity contribution in [2.75, 3.05) is 10.2 Å². The van der Waals surface area contributed by atoms with Crippen molar-refractivity contribution in [1.82, 2.24) is 4.98 Å². The third kappa shape index (κ3) is 4.33. The number of benzene rings is 1. The summed E-state index contributed by atoms with van der Waals surface area (Å²) in [6.07, 6.45) is 1.34. The lowest BCUT2D eigenvalue weighted by Crippen LogP contribution is -2.43. The number of pyridine rings is 1. The molecule has 35 heavy (non-hydrogen) atoms. The number of carbonyl (C=O) groups is 1. The van der Waals surface area contributed by atoms with Gasteiger partial charge in [-0.3, -0.25) is 4.79 Å². The fourth-order valence-corrected chi connectivity index (χ4v) is 5.20. The maximum Gasteiger partial charge on any atom is 0.494 e. The first-order valence-electron chi connectivity index (χ1n) is 12.3. The molecule has 0 radical (unpaired) electrons. The zero-order valence-electron chi connectivity index (χ0n) is 20.9. The van der Waals surface area contributed by atoms with E-state index in [0.29, 0.717) is 18.1 Å². The summed E-state index contributed by atoms with van der Waals surface area (Å²) in [5.41, 5.74) is 2.06. The topological polar surface area (TPSA) is 63.7 Å². The molecule has 2 aliphatic heterocycles. The summed E-state index contributed by atoms with van der Waals surface area (Å²) in [5, 5.41) is 3.36. The van der Waals surface area contributed by atoms with E-state index < -0.39 is 36.1 Å². The van der Waals surface area contributed by atoms with Crippen LogP contribution in [0.2, 0.25) is 0 Å². The molecule has 2 atom stereocenters. The first-order valence-corrected chi connectivity index (χ1v) is 12.3. The molecule has 3 aliphatic rings. The number of hydrogen-bond acceptors (Lipinski definition) is 5. The van der Waals surface area contributed by atoms with Crippen LogP contribution in [-0.2, 0) is 20.6 Å². The molecule has 1 aliphatic carbocycles. The van der Waals surface area contributed by atoms with Crippen molar-refractivity contribution in [3.05, 3.63) is 42.1 Å². The molecule has 6 nitrogen and oxygen atoms in total. The van der Waals surface area contributed by atoms with Crippen LogP contribution in [0.4, 0.5) is 26.0 Å². The number of fused-ring (bicyclic) bond motifs is 2. The minimum atomic E-state index is -2.71. The van der Waals surface area contributed by atoms with E-state index in [1.54, 1.807) is 18.0 Å². The normalized spacial score (nSPS) is 26.4. The molecular weight excluding hydrogens is 451 g/mol. The molecule has 0 bridgehead atoms. The first kappa shape index (κ1) is 24.2. The Balaban J connectivity index is 1.53. The molecule has 1 N–H and O–H groups in total. The lowest BCUT2D eigenvalue weighted by Gasteiger charge is -2.36. The fraction of sp³-hybridized carbons (Fsp3) is 0.538. The smallest absolute Gasteiger partial charge is 0.399 e. The Morgan fingerprint density at radius 3 is 2.57 bits per heavy atom. The lowest BCUT2D eigenvalue weighted by atomic mass is 9.77. The highest BCUT2D eigenvalue weighted by molar-refractivity contribution is 6.62. The quantitative estimate of drug-likeness (QED) is 0.607. The van der Waals surface area contributed by atoms with Gasteiger partial charge in [0.25, 0.3) is 0 Å². The Bertz CT molecular complexity index is 1140. The Hall–Kier alpha value is -2.52. The second kappa shape index (κ2) is 8.27. The fourth-order valence-electron chi connectivity index (χ4n) is 5.20. The zero-order chi connectivity index (χ0) is 25.2. The molecule has 2 unspecified atom stereocenters. The summed E-state index contributed by atoms with van der Waals surface area (Å²) in [4.78, 5) is 20.1. The first-order chi connectivity index (χ1) is 16.4. The Labute approximate surface area is 205 Å². The van der Waals surface area contributed by atoms with Gasteiger partial charge in [-0.25, -0.2) is 13.8 Å². The van der Waals surface area contributed by atoms with Crippen molar-refractivity contribution < 1.29 is 22.9 Å². The standard InChI is InChI=1S/C26H32BF2N3O3/c1-16-14-26(28,29)11-10-19(16)23(33)32-15-17-7-6-12-30-22(17)31-20-9-8-18(13-21(20)32)27-34-24(2,3)25(4,5)35-27/h6-9,12-13,16,19H,10-11,14-15H2,1-5H3,(H,30,31). The number of hydrogen-bond donors (Lipinski definition) is 1. The van der Waals surface area contributed by atoms with E-state index in [2.05, 4.69) is 10.3 Å². The van der Waals surface area contributed by atoms with Gasteiger partial charge in [-0.15, -0.1) is 0 Å². The Morgan fingerprint density at radius 2 is 1.89 bits per heavy atom. The molecule has 5 rings (SSSR count). The maximum atomic E-state index is 14.0. The van der Waals surface area contributed by atoms with Crippen molar-refractivity contribution in [1.29, 1.82) is 0 Å². The minimum absolute atomic E-state index is 0.140. The molecule has 1 aromatic heterocycles. The molecule has 3 heterocycles. The van der Waals surface area contributed by atoms with Crippen molar-refractivity contribution in [2.45, 2.75) is 77.6 Å². The molecule has 1 amide bonds. The number of halogens is 2. The van der Waals surface area contributed by atoms with Crippen LogP contribution in [0, 0.1) is 11.8 Å². The van der Waals surface area contributed by atoms with Gasteiger partial charge < -0.3 is 19.5 Å². The van der Waals surface area contributed by atoms with Crippen LogP contribution in [0.1, 0.15) is 59.4 Å². The summed E-state index contributed by atoms with van der Waals surface area (Å²) in [7, 11) is -0.585. The van der Waals surface area contributed by atoms with Gasteiger partial charge in [-0.2, -0.15) is 0 Å². The van der Waals surface area contributed by atoms with Gasteiger partial charge in [0, 0.05) is 30.5 Å². The number of rotatable bonds is 2. The summed E-state index contributed by atoms with van der Waals surface area (Å²) >= 11 is 0. The SMILES string of the molecule is CC1CC(F)(F)CCC1C(=O)N1Cc2cccnc2Nc2ccc(B3OC(C)(C)C(C)(C)O3)cc21. The second-order valence-corrected chi connectivity index (χ2v) is 11.1. The monoisotopic (exact) mass is 483 g/mol. The van der Waals surface area contributed by atoms with E-state index in [1.165, 1.54) is 0 Å². The maximum absolute atomic E-state index is 14.0. The van der Waals surface area contributed by atoms with E-state index in [9.17, 15) is 13.6 Å². The molecule has 9 heteroatoms. The average molecular weight is 483 g/mol. The molecule has 2 fully saturated rings. The van der Waals surface area contributed by atoms with Crippen LogP contribution in [-0.4, -0.2) is 35.1 Å². The van der Waals surface area contributed by atoms with Gasteiger partial charge in [0.2, 0.25) is 11.8 Å². The average Bonchev–Trinajstić information content (AvgIpc) is 2.90. The Kier molecular flexibility index (Phi) is 5.72. The molecule has 2 aromatic rings. The third-order valence-electron chi connectivity index (χ3n) is 8.02. The number of nitrogens with one attached hydrogen (secondary N) is 1. The van der Waals surface area contributed by atoms with Gasteiger partial charge in [0.1, 0.15) is 5.82 Å². The van der Waals surface area contributed by atoms with E-state index in [-0.39, 0.29) is 25.2 Å². The molecule has 1 saturated carbocycles. The highest BCUT2D eigenvalue weighted by atomic mass is 19.3. The van der Waals surface area contributed by atoms with Crippen LogP contribution in [0.25, 0.3) is 0 Å². The van der Waals surface area contributed by atoms with Gasteiger partial charge >= 0.3 is 7.12 Å². The van der Waals surface area contributed by atoms with E-state index in [0.717, 1.165) is 16.7 Å². The van der Waals surface area contributed by atoms with Crippen LogP contribution >= 0.6 is 0 Å². The van der Waals surface area contributed by atoms with E-state index in [4.69, 9.17) is 9.31 Å². The second-order valence-electron chi connectivity index (χ2n) is 11.1. The molecule has 0 spiro atoms. The minimum Gasteiger partial charge on any atom is -0.399 e. The molecule has 1 aromatic carbocycles. The van der Waals surface area contributed by atoms with Crippen molar-refractivity contribution in [3.8, 4) is 0 Å². The van der Waals surface area contributed by atoms with Gasteiger partial charge in [-0.1, -0.05) is 19.1 Å². The highest BCUT2D eigenvalue weighted by Gasteiger charge is 2.52. The highest BCUT2D eigenvalue weighted by Crippen LogP contribution is 2.43. The number of carbonyl (C=O) groups excluding carboxylic acids is 1. The Morgan fingerprint density at radius 1 is 1.17 bits per heavy atom. The third-order valence-corrected chi connectivity index (χ3v) is 8.02. The number of nitrogens with zero attached hydrogens (tertiary/aromatic N) is 2. The summed E-state index contributed by atoms with van der Waals surface area (Å²) in [6, 6.07) is 9.50. The van der Waals surface area contributed by atoms with Crippen LogP contribution in [0.3, 0.4) is 0 Å².